The molecule has 194 valence electrons. The minimum atomic E-state index is -4.73. The third kappa shape index (κ3) is 4.50. The lowest BCUT2D eigenvalue weighted by Gasteiger charge is -2.44. The lowest BCUT2D eigenvalue weighted by Crippen LogP contribution is -2.57. The molecule has 38 heavy (non-hydrogen) atoms. The van der Waals surface area contributed by atoms with Crippen LogP contribution in [0.2, 0.25) is 0 Å². The number of carbonyl (C=O) groups is 2. The summed E-state index contributed by atoms with van der Waals surface area (Å²) in [7, 11) is 0. The standard InChI is InChI=1S/C26H19F3N4O4S/c1-15(34)37-23-20(35)9-10-32-22(23)25(36)31(13-26(27,28)29)14-33(32)21-18-7-3-2-5-17(18)12-38-24-16(11-30)6-4-8-19(21)24/h2-10,21H,12-14H2,1H3. The van der Waals surface area contributed by atoms with Gasteiger partial charge in [0.1, 0.15) is 19.3 Å². The van der Waals surface area contributed by atoms with Gasteiger partial charge in [0, 0.05) is 29.8 Å². The number of aromatic nitrogens is 1. The molecule has 0 saturated heterocycles. The van der Waals surface area contributed by atoms with Crippen molar-refractivity contribution in [1.29, 1.82) is 5.26 Å². The van der Waals surface area contributed by atoms with Gasteiger partial charge in [-0.2, -0.15) is 18.4 Å². The third-order valence-corrected chi connectivity index (χ3v) is 7.41. The van der Waals surface area contributed by atoms with E-state index in [1.165, 1.54) is 27.6 Å². The number of carbonyl (C=O) groups excluding carboxylic acids is 2. The van der Waals surface area contributed by atoms with Gasteiger partial charge in [-0.05, 0) is 22.8 Å². The predicted molar refractivity (Wildman–Crippen MR) is 131 cm³/mol. The smallest absolute Gasteiger partial charge is 0.406 e. The first kappa shape index (κ1) is 25.4. The van der Waals surface area contributed by atoms with Crippen LogP contribution >= 0.6 is 11.8 Å². The molecule has 12 heteroatoms. The van der Waals surface area contributed by atoms with Crippen LogP contribution in [0.4, 0.5) is 13.2 Å². The minimum Gasteiger partial charge on any atom is -0.420 e. The van der Waals surface area contributed by atoms with Gasteiger partial charge in [-0.3, -0.25) is 24.1 Å². The van der Waals surface area contributed by atoms with Gasteiger partial charge in [-0.15, -0.1) is 11.8 Å². The molecule has 3 aromatic rings. The molecule has 8 nitrogen and oxygen atoms in total. The number of thioether (sulfide) groups is 1. The van der Waals surface area contributed by atoms with Crippen molar-refractivity contribution in [3.8, 4) is 11.8 Å². The number of esters is 1. The van der Waals surface area contributed by atoms with Crippen LogP contribution in [-0.2, 0) is 10.5 Å². The Morgan fingerprint density at radius 2 is 1.87 bits per heavy atom. The molecule has 0 fully saturated rings. The van der Waals surface area contributed by atoms with Gasteiger partial charge in [0.2, 0.25) is 11.2 Å². The average molecular weight is 541 g/mol. The molecule has 0 aliphatic carbocycles. The number of benzene rings is 2. The second-order valence-electron chi connectivity index (χ2n) is 8.72. The Bertz CT molecular complexity index is 1560. The Labute approximate surface area is 218 Å². The number of pyridine rings is 1. The van der Waals surface area contributed by atoms with Crippen molar-refractivity contribution >= 4 is 23.6 Å². The molecule has 0 N–H and O–H groups in total. The molecule has 2 aromatic carbocycles. The fourth-order valence-corrected chi connectivity index (χ4v) is 5.93. The summed E-state index contributed by atoms with van der Waals surface area (Å²) in [5.74, 6) is -2.14. The molecule has 3 heterocycles. The Morgan fingerprint density at radius 1 is 1.13 bits per heavy atom. The maximum absolute atomic E-state index is 13.6. The fourth-order valence-electron chi connectivity index (χ4n) is 4.75. The summed E-state index contributed by atoms with van der Waals surface area (Å²) >= 11 is 1.44. The molecular weight excluding hydrogens is 521 g/mol. The van der Waals surface area contributed by atoms with E-state index in [1.807, 2.05) is 18.2 Å². The molecule has 0 spiro atoms. The number of halogens is 3. The summed E-state index contributed by atoms with van der Waals surface area (Å²) < 4.78 is 47.1. The normalized spacial score (nSPS) is 16.6. The maximum atomic E-state index is 13.6. The van der Waals surface area contributed by atoms with Crippen LogP contribution in [-0.4, -0.2) is 40.8 Å². The monoisotopic (exact) mass is 540 g/mol. The molecule has 2 aliphatic heterocycles. The second kappa shape index (κ2) is 9.57. The highest BCUT2D eigenvalue weighted by Gasteiger charge is 2.43. The summed E-state index contributed by atoms with van der Waals surface area (Å²) in [4.78, 5) is 39.0. The topological polar surface area (TPSA) is 95.6 Å². The van der Waals surface area contributed by atoms with Gasteiger partial charge in [0.15, 0.2) is 5.69 Å². The zero-order chi connectivity index (χ0) is 27.2. The Kier molecular flexibility index (Phi) is 6.40. The van der Waals surface area contributed by atoms with E-state index >= 15 is 0 Å². The van der Waals surface area contributed by atoms with Crippen molar-refractivity contribution in [2.75, 3.05) is 18.2 Å². The first-order valence-corrected chi connectivity index (χ1v) is 12.4. The molecule has 0 radical (unpaired) electrons. The van der Waals surface area contributed by atoms with Crippen molar-refractivity contribution < 1.29 is 27.5 Å². The zero-order valence-electron chi connectivity index (χ0n) is 19.9. The Morgan fingerprint density at radius 3 is 2.58 bits per heavy atom. The van der Waals surface area contributed by atoms with Crippen molar-refractivity contribution in [2.24, 2.45) is 0 Å². The van der Waals surface area contributed by atoms with Crippen LogP contribution < -0.4 is 15.2 Å². The molecular formula is C26H19F3N4O4S. The summed E-state index contributed by atoms with van der Waals surface area (Å²) in [6.45, 7) is -1.05. The van der Waals surface area contributed by atoms with Gasteiger partial charge in [-0.25, -0.2) is 0 Å². The van der Waals surface area contributed by atoms with Gasteiger partial charge in [0.05, 0.1) is 11.6 Å². The summed E-state index contributed by atoms with van der Waals surface area (Å²) in [5.41, 5.74) is 1.40. The minimum absolute atomic E-state index is 0.409. The number of ether oxygens (including phenoxy) is 1. The van der Waals surface area contributed by atoms with Gasteiger partial charge < -0.3 is 9.64 Å². The molecule has 1 amide bonds. The number of alkyl halides is 3. The largest absolute Gasteiger partial charge is 0.420 e. The van der Waals surface area contributed by atoms with Crippen LogP contribution in [0.5, 0.6) is 5.75 Å². The predicted octanol–water partition coefficient (Wildman–Crippen LogP) is 3.95. The molecule has 5 rings (SSSR count). The third-order valence-electron chi connectivity index (χ3n) is 6.21. The van der Waals surface area contributed by atoms with Crippen molar-refractivity contribution in [1.82, 2.24) is 9.58 Å². The van der Waals surface area contributed by atoms with Crippen LogP contribution in [0.25, 0.3) is 0 Å². The van der Waals surface area contributed by atoms with Crippen molar-refractivity contribution in [2.45, 2.75) is 29.8 Å². The first-order valence-electron chi connectivity index (χ1n) is 11.4. The van der Waals surface area contributed by atoms with Gasteiger partial charge in [-0.1, -0.05) is 36.4 Å². The number of amides is 1. The lowest BCUT2D eigenvalue weighted by atomic mass is 9.93. The first-order chi connectivity index (χ1) is 18.1. The van der Waals surface area contributed by atoms with E-state index in [-0.39, 0.29) is 0 Å². The van der Waals surface area contributed by atoms with Crippen LogP contribution in [0.1, 0.15) is 45.7 Å². The molecule has 1 atom stereocenters. The molecule has 0 bridgehead atoms. The molecule has 1 aromatic heterocycles. The quantitative estimate of drug-likeness (QED) is 0.464. The van der Waals surface area contributed by atoms with E-state index in [2.05, 4.69) is 6.07 Å². The number of fused-ring (bicyclic) bond motifs is 3. The van der Waals surface area contributed by atoms with E-state index in [4.69, 9.17) is 4.74 Å². The second-order valence-corrected chi connectivity index (χ2v) is 9.71. The number of nitrogens with zero attached hydrogens (tertiary/aromatic N) is 4. The Hall–Kier alpha value is -4.24. The SMILES string of the molecule is CC(=O)Oc1c2n(ccc1=O)N(C1c3ccccc3CSc3c(C#N)cccc31)CN(CC(F)(F)F)C2=O. The highest BCUT2D eigenvalue weighted by molar-refractivity contribution is 7.98. The highest BCUT2D eigenvalue weighted by atomic mass is 32.2. The number of nitriles is 1. The number of hydrogen-bond donors (Lipinski definition) is 0. The summed E-state index contributed by atoms with van der Waals surface area (Å²) in [6, 6.07) is 15.0. The highest BCUT2D eigenvalue weighted by Crippen LogP contribution is 2.44. The summed E-state index contributed by atoms with van der Waals surface area (Å²) in [5, 5.41) is 11.3. The van der Waals surface area contributed by atoms with E-state index < -0.39 is 54.2 Å². The van der Waals surface area contributed by atoms with Gasteiger partial charge in [0.25, 0.3) is 5.91 Å². The molecule has 0 saturated carbocycles. The molecule has 2 aliphatic rings. The van der Waals surface area contributed by atoms with E-state index in [0.717, 1.165) is 24.1 Å². The number of rotatable bonds is 3. The van der Waals surface area contributed by atoms with E-state index in [1.54, 1.807) is 24.3 Å². The summed E-state index contributed by atoms with van der Waals surface area (Å²) in [6.07, 6.45) is -3.45. The van der Waals surface area contributed by atoms with Crippen LogP contribution in [0, 0.1) is 11.3 Å². The van der Waals surface area contributed by atoms with Crippen LogP contribution in [0.15, 0.2) is 64.4 Å². The zero-order valence-corrected chi connectivity index (χ0v) is 20.7. The van der Waals surface area contributed by atoms with Crippen molar-refractivity contribution in [3.05, 3.63) is 92.9 Å². The van der Waals surface area contributed by atoms with Gasteiger partial charge >= 0.3 is 12.1 Å². The Balaban J connectivity index is 1.80. The lowest BCUT2D eigenvalue weighted by molar-refractivity contribution is -0.142. The maximum Gasteiger partial charge on any atom is 0.406 e. The number of hydrogen-bond acceptors (Lipinski definition) is 7. The fraction of sp³-hybridized carbons (Fsp3) is 0.231. The molecule has 1 unspecified atom stereocenters. The van der Waals surface area contributed by atoms with E-state index in [0.29, 0.717) is 26.7 Å². The average Bonchev–Trinajstić information content (AvgIpc) is 3.03. The van der Waals surface area contributed by atoms with Crippen LogP contribution in [0.3, 0.4) is 0 Å². The van der Waals surface area contributed by atoms with Crippen molar-refractivity contribution in [3.63, 3.8) is 0 Å². The van der Waals surface area contributed by atoms with E-state index in [9.17, 15) is 32.8 Å².